The molecule has 2 aromatic heterocycles. The van der Waals surface area contributed by atoms with E-state index in [-0.39, 0.29) is 11.9 Å². The van der Waals surface area contributed by atoms with E-state index >= 15 is 0 Å². The minimum atomic E-state index is -0.0936. The number of hydrogen-bond donors (Lipinski definition) is 1. The zero-order valence-corrected chi connectivity index (χ0v) is 10.4. The van der Waals surface area contributed by atoms with Gasteiger partial charge in [0.2, 0.25) is 0 Å². The van der Waals surface area contributed by atoms with E-state index < -0.39 is 0 Å². The fraction of sp³-hybridized carbons (Fsp3) is 0.400. The van der Waals surface area contributed by atoms with Crippen LogP contribution >= 0.6 is 11.5 Å². The fourth-order valence-corrected chi connectivity index (χ4v) is 2.16. The number of amides is 1. The zero-order chi connectivity index (χ0) is 12.3. The van der Waals surface area contributed by atoms with E-state index in [9.17, 15) is 4.79 Å². The van der Waals surface area contributed by atoms with E-state index in [1.807, 2.05) is 13.8 Å². The van der Waals surface area contributed by atoms with Gasteiger partial charge in [0, 0.05) is 11.4 Å². The van der Waals surface area contributed by atoms with Crippen LogP contribution in [0.3, 0.4) is 0 Å². The van der Waals surface area contributed by atoms with Gasteiger partial charge in [0.1, 0.15) is 12.7 Å². The SMILES string of the molecule is Cc1nscc1C(=O)NC(C)Cn1cncn1. The number of aromatic nitrogens is 4. The first-order chi connectivity index (χ1) is 8.16. The van der Waals surface area contributed by atoms with Crippen LogP contribution in [0.25, 0.3) is 0 Å². The van der Waals surface area contributed by atoms with Crippen LogP contribution in [-0.2, 0) is 6.54 Å². The number of carbonyl (C=O) groups is 1. The molecule has 0 bridgehead atoms. The minimum absolute atomic E-state index is 0.0106. The maximum atomic E-state index is 11.9. The average molecular weight is 251 g/mol. The predicted octanol–water partition coefficient (Wildman–Crippen LogP) is 0.862. The van der Waals surface area contributed by atoms with Crippen LogP contribution in [0.15, 0.2) is 18.0 Å². The molecule has 0 aliphatic carbocycles. The summed E-state index contributed by atoms with van der Waals surface area (Å²) in [5.41, 5.74) is 1.40. The third-order valence-electron chi connectivity index (χ3n) is 2.30. The molecular weight excluding hydrogens is 238 g/mol. The van der Waals surface area contributed by atoms with Crippen LogP contribution in [0.5, 0.6) is 0 Å². The van der Waals surface area contributed by atoms with Gasteiger partial charge in [0.15, 0.2) is 0 Å². The molecule has 7 heteroatoms. The van der Waals surface area contributed by atoms with Crippen molar-refractivity contribution < 1.29 is 4.79 Å². The van der Waals surface area contributed by atoms with Crippen molar-refractivity contribution in [1.82, 2.24) is 24.5 Å². The van der Waals surface area contributed by atoms with Crippen molar-refractivity contribution in [3.8, 4) is 0 Å². The first-order valence-corrected chi connectivity index (χ1v) is 6.04. The number of nitrogens with zero attached hydrogens (tertiary/aromatic N) is 4. The van der Waals surface area contributed by atoms with Crippen molar-refractivity contribution in [1.29, 1.82) is 0 Å². The summed E-state index contributed by atoms with van der Waals surface area (Å²) >= 11 is 1.29. The Morgan fingerprint density at radius 3 is 3.06 bits per heavy atom. The highest BCUT2D eigenvalue weighted by Crippen LogP contribution is 2.09. The van der Waals surface area contributed by atoms with Crippen molar-refractivity contribution >= 4 is 17.4 Å². The molecule has 0 aromatic carbocycles. The van der Waals surface area contributed by atoms with Crippen molar-refractivity contribution in [2.24, 2.45) is 0 Å². The molecule has 0 saturated carbocycles. The molecular formula is C10H13N5OS. The molecule has 0 radical (unpaired) electrons. The summed E-state index contributed by atoms with van der Waals surface area (Å²) in [5.74, 6) is -0.0936. The van der Waals surface area contributed by atoms with Gasteiger partial charge < -0.3 is 5.32 Å². The lowest BCUT2D eigenvalue weighted by Crippen LogP contribution is -2.35. The highest BCUT2D eigenvalue weighted by atomic mass is 32.1. The lowest BCUT2D eigenvalue weighted by atomic mass is 10.2. The molecule has 0 saturated heterocycles. The Morgan fingerprint density at radius 2 is 2.47 bits per heavy atom. The Kier molecular flexibility index (Phi) is 3.48. The lowest BCUT2D eigenvalue weighted by Gasteiger charge is -2.13. The van der Waals surface area contributed by atoms with E-state index in [4.69, 9.17) is 0 Å². The van der Waals surface area contributed by atoms with Crippen LogP contribution in [0.1, 0.15) is 23.0 Å². The highest BCUT2D eigenvalue weighted by Gasteiger charge is 2.14. The molecule has 1 N–H and O–H groups in total. The molecule has 2 aromatic rings. The Morgan fingerprint density at radius 1 is 1.65 bits per heavy atom. The summed E-state index contributed by atoms with van der Waals surface area (Å²) in [5, 5.41) is 8.65. The van der Waals surface area contributed by atoms with E-state index in [0.29, 0.717) is 12.1 Å². The maximum Gasteiger partial charge on any atom is 0.254 e. The van der Waals surface area contributed by atoms with E-state index in [1.165, 1.54) is 17.9 Å². The first kappa shape index (κ1) is 11.7. The van der Waals surface area contributed by atoms with Crippen molar-refractivity contribution in [3.63, 3.8) is 0 Å². The third kappa shape index (κ3) is 2.88. The number of nitrogens with one attached hydrogen (secondary N) is 1. The quantitative estimate of drug-likeness (QED) is 0.874. The second kappa shape index (κ2) is 5.05. The van der Waals surface area contributed by atoms with Gasteiger partial charge in [-0.1, -0.05) is 0 Å². The summed E-state index contributed by atoms with van der Waals surface area (Å²) in [6.45, 7) is 4.35. The summed E-state index contributed by atoms with van der Waals surface area (Å²) in [7, 11) is 0. The number of hydrogen-bond acceptors (Lipinski definition) is 5. The first-order valence-electron chi connectivity index (χ1n) is 5.21. The van der Waals surface area contributed by atoms with Crippen LogP contribution in [0.2, 0.25) is 0 Å². The largest absolute Gasteiger partial charge is 0.348 e. The van der Waals surface area contributed by atoms with Gasteiger partial charge in [-0.15, -0.1) is 0 Å². The fourth-order valence-electron chi connectivity index (χ4n) is 1.47. The molecule has 0 aliphatic heterocycles. The molecule has 1 unspecified atom stereocenters. The second-order valence-corrected chi connectivity index (χ2v) is 4.43. The Bertz CT molecular complexity index is 493. The predicted molar refractivity (Wildman–Crippen MR) is 63.8 cm³/mol. The number of aryl methyl sites for hydroxylation is 1. The monoisotopic (exact) mass is 251 g/mol. The van der Waals surface area contributed by atoms with Gasteiger partial charge in [-0.3, -0.25) is 9.48 Å². The van der Waals surface area contributed by atoms with Gasteiger partial charge in [-0.2, -0.15) is 9.47 Å². The van der Waals surface area contributed by atoms with Crippen LogP contribution in [0, 0.1) is 6.92 Å². The molecule has 17 heavy (non-hydrogen) atoms. The molecule has 2 rings (SSSR count). The highest BCUT2D eigenvalue weighted by molar-refractivity contribution is 7.03. The molecule has 0 fully saturated rings. The standard InChI is InChI=1S/C10H13N5OS/c1-7(3-15-6-11-5-12-15)13-10(16)9-4-17-14-8(9)2/h4-7H,3H2,1-2H3,(H,13,16). The minimum Gasteiger partial charge on any atom is -0.348 e. The van der Waals surface area contributed by atoms with Gasteiger partial charge in [-0.25, -0.2) is 4.98 Å². The normalized spacial score (nSPS) is 12.4. The molecule has 0 spiro atoms. The van der Waals surface area contributed by atoms with Crippen LogP contribution < -0.4 is 5.32 Å². The van der Waals surface area contributed by atoms with E-state index in [1.54, 1.807) is 16.4 Å². The van der Waals surface area contributed by atoms with Crippen LogP contribution in [-0.4, -0.2) is 31.1 Å². The Labute approximate surface area is 103 Å². The Hall–Kier alpha value is -1.76. The molecule has 0 aliphatic rings. The third-order valence-corrected chi connectivity index (χ3v) is 3.02. The van der Waals surface area contributed by atoms with E-state index in [2.05, 4.69) is 19.8 Å². The number of carbonyl (C=O) groups excluding carboxylic acids is 1. The van der Waals surface area contributed by atoms with Gasteiger partial charge >= 0.3 is 0 Å². The molecule has 1 amide bonds. The molecule has 1 atom stereocenters. The van der Waals surface area contributed by atoms with Gasteiger partial charge in [0.05, 0.1) is 17.8 Å². The molecule has 6 nitrogen and oxygen atoms in total. The summed E-state index contributed by atoms with van der Waals surface area (Å²) in [4.78, 5) is 15.7. The average Bonchev–Trinajstić information content (AvgIpc) is 2.88. The Balaban J connectivity index is 1.93. The van der Waals surface area contributed by atoms with Gasteiger partial charge in [-0.05, 0) is 25.4 Å². The molecule has 2 heterocycles. The van der Waals surface area contributed by atoms with Crippen molar-refractivity contribution in [3.05, 3.63) is 29.3 Å². The second-order valence-electron chi connectivity index (χ2n) is 3.81. The smallest absolute Gasteiger partial charge is 0.254 e. The van der Waals surface area contributed by atoms with E-state index in [0.717, 1.165) is 5.69 Å². The molecule has 90 valence electrons. The maximum absolute atomic E-state index is 11.9. The summed E-state index contributed by atoms with van der Waals surface area (Å²) in [6, 6.07) is -0.0106. The lowest BCUT2D eigenvalue weighted by molar-refractivity contribution is 0.0935. The van der Waals surface area contributed by atoms with Gasteiger partial charge in [0.25, 0.3) is 5.91 Å². The number of rotatable bonds is 4. The topological polar surface area (TPSA) is 72.7 Å². The zero-order valence-electron chi connectivity index (χ0n) is 9.62. The van der Waals surface area contributed by atoms with Crippen molar-refractivity contribution in [2.45, 2.75) is 26.4 Å². The summed E-state index contributed by atoms with van der Waals surface area (Å²) < 4.78 is 5.76. The van der Waals surface area contributed by atoms with Crippen molar-refractivity contribution in [2.75, 3.05) is 0 Å². The summed E-state index contributed by atoms with van der Waals surface area (Å²) in [6.07, 6.45) is 3.10. The van der Waals surface area contributed by atoms with Crippen LogP contribution in [0.4, 0.5) is 0 Å².